The predicted molar refractivity (Wildman–Crippen MR) is 74.1 cm³/mol. The highest BCUT2D eigenvalue weighted by atomic mass is 16.7. The highest BCUT2D eigenvalue weighted by Crippen LogP contribution is 2.35. The van der Waals surface area contributed by atoms with Crippen molar-refractivity contribution >= 4 is 23.3 Å². The van der Waals surface area contributed by atoms with E-state index >= 15 is 0 Å². The number of nitro benzene ring substituents is 1. The Bertz CT molecular complexity index is 622. The van der Waals surface area contributed by atoms with E-state index in [0.29, 0.717) is 5.69 Å². The minimum absolute atomic E-state index is 0.0860. The molecule has 2 aliphatic rings. The monoisotopic (exact) mass is 306 g/mol. The van der Waals surface area contributed by atoms with Crippen molar-refractivity contribution in [2.45, 2.75) is 25.6 Å². The highest BCUT2D eigenvalue weighted by Gasteiger charge is 2.31. The summed E-state index contributed by atoms with van der Waals surface area (Å²) in [7, 11) is 0. The van der Waals surface area contributed by atoms with E-state index in [0.717, 1.165) is 25.9 Å². The summed E-state index contributed by atoms with van der Waals surface area (Å²) in [6, 6.07) is 4.48. The standard InChI is InChI=1S/C14H14N2O6/c17-12-8-13(18)22-14(21-12)9-3-4-10(11(7-9)16(19)20)15-5-1-2-6-15/h3-4,7,14H,1-2,5-6,8H2. The summed E-state index contributed by atoms with van der Waals surface area (Å²) in [5.41, 5.74) is 0.716. The van der Waals surface area contributed by atoms with Crippen molar-refractivity contribution in [1.29, 1.82) is 0 Å². The van der Waals surface area contributed by atoms with E-state index in [9.17, 15) is 19.7 Å². The molecule has 8 heteroatoms. The molecule has 0 bridgehead atoms. The van der Waals surface area contributed by atoms with Crippen molar-refractivity contribution in [3.8, 4) is 0 Å². The Labute approximate surface area is 125 Å². The van der Waals surface area contributed by atoms with Crippen LogP contribution in [0.5, 0.6) is 0 Å². The number of benzene rings is 1. The third-order valence-electron chi connectivity index (χ3n) is 3.68. The van der Waals surface area contributed by atoms with Crippen LogP contribution in [0.15, 0.2) is 18.2 Å². The maximum atomic E-state index is 11.3. The molecule has 2 fully saturated rings. The smallest absolute Gasteiger partial charge is 0.320 e. The topological polar surface area (TPSA) is 99.0 Å². The average molecular weight is 306 g/mol. The lowest BCUT2D eigenvalue weighted by Crippen LogP contribution is -2.27. The fraction of sp³-hybridized carbons (Fsp3) is 0.429. The van der Waals surface area contributed by atoms with Crippen molar-refractivity contribution < 1.29 is 24.0 Å². The maximum Gasteiger partial charge on any atom is 0.320 e. The van der Waals surface area contributed by atoms with E-state index in [4.69, 9.17) is 9.47 Å². The number of carbonyl (C=O) groups excluding carboxylic acids is 2. The van der Waals surface area contributed by atoms with Crippen LogP contribution < -0.4 is 4.90 Å². The second kappa shape index (κ2) is 5.63. The lowest BCUT2D eigenvalue weighted by atomic mass is 10.1. The van der Waals surface area contributed by atoms with Gasteiger partial charge in [-0.1, -0.05) is 0 Å². The molecule has 0 aliphatic carbocycles. The molecule has 0 unspecified atom stereocenters. The lowest BCUT2D eigenvalue weighted by molar-refractivity contribution is -0.384. The predicted octanol–water partition coefficient (Wildman–Crippen LogP) is 1.68. The number of ether oxygens (including phenoxy) is 2. The Morgan fingerprint density at radius 3 is 2.36 bits per heavy atom. The van der Waals surface area contributed by atoms with Crippen molar-refractivity contribution in [1.82, 2.24) is 0 Å². The van der Waals surface area contributed by atoms with Gasteiger partial charge in [-0.25, -0.2) is 0 Å². The summed E-state index contributed by atoms with van der Waals surface area (Å²) in [6.45, 7) is 1.54. The van der Waals surface area contributed by atoms with Crippen LogP contribution in [-0.2, 0) is 19.1 Å². The third-order valence-corrected chi connectivity index (χ3v) is 3.68. The van der Waals surface area contributed by atoms with Crippen LogP contribution in [0.4, 0.5) is 11.4 Å². The fourth-order valence-corrected chi connectivity index (χ4v) is 2.66. The second-order valence-electron chi connectivity index (χ2n) is 5.19. The van der Waals surface area contributed by atoms with Crippen molar-refractivity contribution in [3.05, 3.63) is 33.9 Å². The van der Waals surface area contributed by atoms with Gasteiger partial charge in [0.2, 0.25) is 0 Å². The second-order valence-corrected chi connectivity index (χ2v) is 5.19. The summed E-state index contributed by atoms with van der Waals surface area (Å²) >= 11 is 0. The third kappa shape index (κ3) is 2.72. The number of hydrogen-bond acceptors (Lipinski definition) is 7. The Balaban J connectivity index is 1.93. The molecule has 22 heavy (non-hydrogen) atoms. The molecule has 8 nitrogen and oxygen atoms in total. The number of esters is 2. The van der Waals surface area contributed by atoms with E-state index in [1.165, 1.54) is 6.07 Å². The van der Waals surface area contributed by atoms with Gasteiger partial charge in [-0.3, -0.25) is 19.7 Å². The fourth-order valence-electron chi connectivity index (χ4n) is 2.66. The number of nitro groups is 1. The van der Waals surface area contributed by atoms with Crippen molar-refractivity contribution in [3.63, 3.8) is 0 Å². The first-order valence-corrected chi connectivity index (χ1v) is 6.97. The minimum Gasteiger partial charge on any atom is -0.420 e. The van der Waals surface area contributed by atoms with Crippen LogP contribution in [0.2, 0.25) is 0 Å². The van der Waals surface area contributed by atoms with Crippen molar-refractivity contribution in [2.75, 3.05) is 18.0 Å². The molecule has 2 heterocycles. The van der Waals surface area contributed by atoms with E-state index in [2.05, 4.69) is 0 Å². The van der Waals surface area contributed by atoms with Crippen LogP contribution in [0, 0.1) is 10.1 Å². The van der Waals surface area contributed by atoms with Gasteiger partial charge in [0.25, 0.3) is 12.0 Å². The zero-order valence-corrected chi connectivity index (χ0v) is 11.7. The van der Waals surface area contributed by atoms with E-state index in [1.54, 1.807) is 12.1 Å². The van der Waals surface area contributed by atoms with Gasteiger partial charge in [0.1, 0.15) is 12.1 Å². The normalized spacial score (nSPS) is 19.0. The molecule has 0 spiro atoms. The molecule has 1 aromatic carbocycles. The van der Waals surface area contributed by atoms with Crippen LogP contribution in [-0.4, -0.2) is 30.0 Å². The van der Waals surface area contributed by atoms with E-state index in [1.807, 2.05) is 4.90 Å². The van der Waals surface area contributed by atoms with Gasteiger partial charge in [-0.15, -0.1) is 0 Å². The van der Waals surface area contributed by atoms with E-state index in [-0.39, 0.29) is 11.3 Å². The first-order valence-electron chi connectivity index (χ1n) is 6.97. The molecule has 0 radical (unpaired) electrons. The van der Waals surface area contributed by atoms with Gasteiger partial charge in [-0.05, 0) is 25.0 Å². The molecule has 2 aliphatic heterocycles. The van der Waals surface area contributed by atoms with Crippen LogP contribution in [0.1, 0.15) is 31.1 Å². The first kappa shape index (κ1) is 14.3. The summed E-state index contributed by atoms with van der Waals surface area (Å²) in [4.78, 5) is 35.3. The SMILES string of the molecule is O=C1CC(=O)OC(c2ccc(N3CCCC3)c([N+](=O)[O-])c2)O1. The minimum atomic E-state index is -1.22. The highest BCUT2D eigenvalue weighted by molar-refractivity contribution is 5.92. The van der Waals surface area contributed by atoms with Crippen molar-refractivity contribution in [2.24, 2.45) is 0 Å². The molecular weight excluding hydrogens is 292 g/mol. The summed E-state index contributed by atoms with van der Waals surface area (Å²) < 4.78 is 9.85. The largest absolute Gasteiger partial charge is 0.420 e. The number of nitrogens with zero attached hydrogens (tertiary/aromatic N) is 2. The Morgan fingerprint density at radius 1 is 1.14 bits per heavy atom. The molecule has 3 rings (SSSR count). The number of rotatable bonds is 3. The Kier molecular flexibility index (Phi) is 3.66. The summed E-state index contributed by atoms with van der Waals surface area (Å²) in [6.07, 6.45) is 0.331. The van der Waals surface area contributed by atoms with Crippen LogP contribution >= 0.6 is 0 Å². The van der Waals surface area contributed by atoms with Crippen LogP contribution in [0.3, 0.4) is 0 Å². The van der Waals surface area contributed by atoms with Gasteiger partial charge in [0.15, 0.2) is 0 Å². The quantitative estimate of drug-likeness (QED) is 0.362. The van der Waals surface area contributed by atoms with Gasteiger partial charge < -0.3 is 14.4 Å². The maximum absolute atomic E-state index is 11.3. The molecule has 116 valence electrons. The molecular formula is C14H14N2O6. The van der Waals surface area contributed by atoms with Gasteiger partial charge in [0.05, 0.1) is 4.92 Å². The first-order chi connectivity index (χ1) is 10.5. The average Bonchev–Trinajstić information content (AvgIpc) is 2.99. The molecule has 0 amide bonds. The molecule has 0 atom stereocenters. The molecule has 0 aromatic heterocycles. The molecule has 0 saturated carbocycles. The zero-order valence-electron chi connectivity index (χ0n) is 11.7. The molecule has 1 aromatic rings. The van der Waals surface area contributed by atoms with Gasteiger partial charge in [-0.2, -0.15) is 0 Å². The lowest BCUT2D eigenvalue weighted by Gasteiger charge is -2.23. The van der Waals surface area contributed by atoms with E-state index < -0.39 is 29.6 Å². The Hall–Kier alpha value is -2.64. The summed E-state index contributed by atoms with van der Waals surface area (Å²) in [5.74, 6) is -1.40. The number of cyclic esters (lactones) is 2. The number of carbonyl (C=O) groups is 2. The zero-order chi connectivity index (χ0) is 15.7. The number of hydrogen-bond donors (Lipinski definition) is 0. The van der Waals surface area contributed by atoms with Gasteiger partial charge in [0, 0.05) is 24.7 Å². The van der Waals surface area contributed by atoms with Gasteiger partial charge >= 0.3 is 11.9 Å². The molecule has 2 saturated heterocycles. The van der Waals surface area contributed by atoms with Crippen LogP contribution in [0.25, 0.3) is 0 Å². The Morgan fingerprint density at radius 2 is 1.77 bits per heavy atom. The summed E-state index contributed by atoms with van der Waals surface area (Å²) in [5, 5.41) is 11.3. The number of anilines is 1. The molecule has 0 N–H and O–H groups in total.